The average molecular weight is 386 g/mol. The number of para-hydroxylation sites is 1. The summed E-state index contributed by atoms with van der Waals surface area (Å²) >= 11 is 1.16. The van der Waals surface area contributed by atoms with E-state index in [4.69, 9.17) is 4.74 Å². The van der Waals surface area contributed by atoms with Crippen LogP contribution >= 0.6 is 11.8 Å². The van der Waals surface area contributed by atoms with E-state index in [0.717, 1.165) is 11.8 Å². The van der Waals surface area contributed by atoms with Crippen molar-refractivity contribution in [2.45, 2.75) is 25.1 Å². The number of likely N-dealkylation sites (tertiary alicyclic amines) is 1. The maximum Gasteiger partial charge on any atom is 0.311 e. The fourth-order valence-electron chi connectivity index (χ4n) is 2.93. The van der Waals surface area contributed by atoms with Crippen molar-refractivity contribution in [3.63, 3.8) is 0 Å². The topological polar surface area (TPSA) is 89.8 Å². The van der Waals surface area contributed by atoms with Gasteiger partial charge >= 0.3 is 5.69 Å². The maximum absolute atomic E-state index is 12.1. The molecule has 1 unspecified atom stereocenters. The zero-order valence-corrected chi connectivity index (χ0v) is 15.5. The molecule has 1 atom stereocenters. The van der Waals surface area contributed by atoms with E-state index in [1.54, 1.807) is 41.3 Å². The molecule has 1 saturated heterocycles. The highest BCUT2D eigenvalue weighted by Gasteiger charge is 2.31. The molecular weight excluding hydrogens is 368 g/mol. The second-order valence-corrected chi connectivity index (χ2v) is 7.66. The number of nitro benzene ring substituents is 1. The van der Waals surface area contributed by atoms with E-state index in [-0.39, 0.29) is 34.3 Å². The molecule has 2 aromatic rings. The van der Waals surface area contributed by atoms with Crippen molar-refractivity contribution in [1.29, 1.82) is 0 Å². The van der Waals surface area contributed by atoms with Gasteiger partial charge in [0.05, 0.1) is 4.92 Å². The third kappa shape index (κ3) is 4.85. The Hall–Kier alpha value is -2.87. The fourth-order valence-corrected chi connectivity index (χ4v) is 3.88. The van der Waals surface area contributed by atoms with E-state index in [2.05, 4.69) is 0 Å². The van der Waals surface area contributed by atoms with Crippen molar-refractivity contribution in [2.75, 3.05) is 6.54 Å². The lowest BCUT2D eigenvalue weighted by Gasteiger charge is -2.16. The molecule has 27 heavy (non-hydrogen) atoms. The van der Waals surface area contributed by atoms with Crippen molar-refractivity contribution < 1.29 is 19.2 Å². The molecule has 3 rings (SSSR count). The van der Waals surface area contributed by atoms with E-state index < -0.39 is 4.92 Å². The van der Waals surface area contributed by atoms with Crippen LogP contribution in [0.1, 0.15) is 18.9 Å². The monoisotopic (exact) mass is 386 g/mol. The molecule has 1 aliphatic heterocycles. The largest absolute Gasteiger partial charge is 0.450 e. The summed E-state index contributed by atoms with van der Waals surface area (Å²) in [6.07, 6.45) is 0.307. The minimum absolute atomic E-state index is 0.0206. The first kappa shape index (κ1) is 18.9. The van der Waals surface area contributed by atoms with Gasteiger partial charge in [-0.05, 0) is 23.8 Å². The highest BCUT2D eigenvalue weighted by molar-refractivity contribution is 8.14. The van der Waals surface area contributed by atoms with Gasteiger partial charge in [-0.25, -0.2) is 0 Å². The standard InChI is InChI=1S/C19H18N2O5S/c1-13(22)27-16-10-19(23)20(12-16)11-14-7-8-18(17(9-14)21(24)25)26-15-5-3-2-4-6-15/h2-9,16H,10-12H2,1H3. The van der Waals surface area contributed by atoms with Crippen LogP contribution in [0.3, 0.4) is 0 Å². The molecule has 1 heterocycles. The molecule has 1 amide bonds. The van der Waals surface area contributed by atoms with E-state index in [1.807, 2.05) is 6.07 Å². The Morgan fingerprint density at radius 3 is 2.70 bits per heavy atom. The van der Waals surface area contributed by atoms with Gasteiger partial charge in [-0.2, -0.15) is 0 Å². The molecule has 0 radical (unpaired) electrons. The summed E-state index contributed by atoms with van der Waals surface area (Å²) in [6, 6.07) is 13.5. The number of amides is 1. The van der Waals surface area contributed by atoms with E-state index in [9.17, 15) is 19.7 Å². The predicted octanol–water partition coefficient (Wildman–Crippen LogP) is 3.77. The first-order chi connectivity index (χ1) is 12.9. The zero-order chi connectivity index (χ0) is 19.4. The van der Waals surface area contributed by atoms with Crippen LogP contribution in [0.4, 0.5) is 5.69 Å². The van der Waals surface area contributed by atoms with Crippen LogP contribution in [0, 0.1) is 10.1 Å². The van der Waals surface area contributed by atoms with Gasteiger partial charge in [-0.1, -0.05) is 36.0 Å². The molecule has 7 nitrogen and oxygen atoms in total. The molecule has 0 spiro atoms. The molecule has 0 N–H and O–H groups in total. The zero-order valence-electron chi connectivity index (χ0n) is 14.7. The van der Waals surface area contributed by atoms with Crippen molar-refractivity contribution in [3.05, 3.63) is 64.2 Å². The van der Waals surface area contributed by atoms with Crippen LogP contribution in [0.5, 0.6) is 11.5 Å². The Morgan fingerprint density at radius 1 is 1.30 bits per heavy atom. The molecule has 0 aromatic heterocycles. The molecule has 8 heteroatoms. The third-order valence-electron chi connectivity index (χ3n) is 4.08. The normalized spacial score (nSPS) is 16.4. The average Bonchev–Trinajstić information content (AvgIpc) is 2.95. The summed E-state index contributed by atoms with van der Waals surface area (Å²) in [4.78, 5) is 35.9. The first-order valence-electron chi connectivity index (χ1n) is 8.37. The Bertz CT molecular complexity index is 872. The maximum atomic E-state index is 12.1. The SMILES string of the molecule is CC(=O)SC1CC(=O)N(Cc2ccc(Oc3ccccc3)c([N+](=O)[O-])c2)C1. The molecule has 1 fully saturated rings. The number of thioether (sulfide) groups is 1. The van der Waals surface area contributed by atoms with Gasteiger partial charge in [0.1, 0.15) is 5.75 Å². The number of hydrogen-bond donors (Lipinski definition) is 0. The molecular formula is C19H18N2O5S. The number of nitro groups is 1. The lowest BCUT2D eigenvalue weighted by Crippen LogP contribution is -2.25. The summed E-state index contributed by atoms with van der Waals surface area (Å²) < 4.78 is 5.61. The Labute approximate surface area is 160 Å². The molecule has 0 aliphatic carbocycles. The molecule has 1 aliphatic rings. The second-order valence-electron chi connectivity index (χ2n) is 6.18. The highest BCUT2D eigenvalue weighted by atomic mass is 32.2. The van der Waals surface area contributed by atoms with E-state index in [0.29, 0.717) is 24.3 Å². The lowest BCUT2D eigenvalue weighted by molar-refractivity contribution is -0.385. The molecule has 0 saturated carbocycles. The summed E-state index contributed by atoms with van der Waals surface area (Å²) in [5.41, 5.74) is 0.488. The van der Waals surface area contributed by atoms with Crippen LogP contribution in [0.25, 0.3) is 0 Å². The number of carbonyl (C=O) groups excluding carboxylic acids is 2. The van der Waals surface area contributed by atoms with Crippen molar-refractivity contribution >= 4 is 28.5 Å². The van der Waals surface area contributed by atoms with Gasteiger partial charge in [0.25, 0.3) is 0 Å². The van der Waals surface area contributed by atoms with Gasteiger partial charge in [0.2, 0.25) is 11.7 Å². The van der Waals surface area contributed by atoms with Gasteiger partial charge in [-0.15, -0.1) is 0 Å². The minimum atomic E-state index is -0.498. The summed E-state index contributed by atoms with van der Waals surface area (Å²) in [6.45, 7) is 2.20. The lowest BCUT2D eigenvalue weighted by atomic mass is 10.1. The summed E-state index contributed by atoms with van der Waals surface area (Å²) in [5, 5.41) is 11.4. The highest BCUT2D eigenvalue weighted by Crippen LogP contribution is 2.33. The number of rotatable bonds is 6. The quantitative estimate of drug-likeness (QED) is 0.555. The third-order valence-corrected chi connectivity index (χ3v) is 5.06. The van der Waals surface area contributed by atoms with Crippen LogP contribution in [-0.2, 0) is 16.1 Å². The van der Waals surface area contributed by atoms with E-state index in [1.165, 1.54) is 13.0 Å². The number of carbonyl (C=O) groups is 2. The van der Waals surface area contributed by atoms with Crippen molar-refractivity contribution in [1.82, 2.24) is 4.90 Å². The van der Waals surface area contributed by atoms with Crippen LogP contribution < -0.4 is 4.74 Å². The fraction of sp³-hybridized carbons (Fsp3) is 0.263. The minimum Gasteiger partial charge on any atom is -0.450 e. The Morgan fingerprint density at radius 2 is 2.04 bits per heavy atom. The van der Waals surface area contributed by atoms with Crippen molar-refractivity contribution in [2.24, 2.45) is 0 Å². The number of nitrogens with zero attached hydrogens (tertiary/aromatic N) is 2. The predicted molar refractivity (Wildman–Crippen MR) is 102 cm³/mol. The first-order valence-corrected chi connectivity index (χ1v) is 9.25. The summed E-state index contributed by atoms with van der Waals surface area (Å²) in [7, 11) is 0. The van der Waals surface area contributed by atoms with Gasteiger partial charge in [0, 0.05) is 37.8 Å². The Balaban J connectivity index is 1.75. The number of ether oxygens (including phenoxy) is 1. The molecule has 140 valence electrons. The smallest absolute Gasteiger partial charge is 0.311 e. The Kier molecular flexibility index (Phi) is 5.75. The van der Waals surface area contributed by atoms with Gasteiger partial charge in [0.15, 0.2) is 5.12 Å². The van der Waals surface area contributed by atoms with Crippen LogP contribution in [-0.4, -0.2) is 32.6 Å². The summed E-state index contributed by atoms with van der Waals surface area (Å²) in [5.74, 6) is 0.598. The molecule has 0 bridgehead atoms. The van der Waals surface area contributed by atoms with Crippen LogP contribution in [0.2, 0.25) is 0 Å². The number of hydrogen-bond acceptors (Lipinski definition) is 6. The van der Waals surface area contributed by atoms with Crippen molar-refractivity contribution in [3.8, 4) is 11.5 Å². The second kappa shape index (κ2) is 8.22. The number of benzene rings is 2. The van der Waals surface area contributed by atoms with E-state index >= 15 is 0 Å². The molecule has 2 aromatic carbocycles. The van der Waals surface area contributed by atoms with Gasteiger partial charge < -0.3 is 9.64 Å². The van der Waals surface area contributed by atoms with Gasteiger partial charge in [-0.3, -0.25) is 19.7 Å². The van der Waals surface area contributed by atoms with Crippen LogP contribution in [0.15, 0.2) is 48.5 Å².